The first-order valence-corrected chi connectivity index (χ1v) is 7.74. The highest BCUT2D eigenvalue weighted by molar-refractivity contribution is 5.88. The van der Waals surface area contributed by atoms with E-state index in [0.717, 1.165) is 31.6 Å². The maximum absolute atomic E-state index is 11.8. The van der Waals surface area contributed by atoms with Crippen LogP contribution in [0.1, 0.15) is 38.3 Å². The fraction of sp³-hybridized carbons (Fsp3) is 0.562. The van der Waals surface area contributed by atoms with Crippen LogP contribution in [0.2, 0.25) is 0 Å². The summed E-state index contributed by atoms with van der Waals surface area (Å²) in [5.41, 5.74) is 0.993. The second kappa shape index (κ2) is 5.94. The molecule has 22 heavy (non-hydrogen) atoms. The number of carbonyl (C=O) groups is 2. The molecule has 1 aromatic rings. The molecule has 1 aromatic heterocycles. The van der Waals surface area contributed by atoms with E-state index in [2.05, 4.69) is 4.98 Å². The van der Waals surface area contributed by atoms with Crippen molar-refractivity contribution in [3.63, 3.8) is 0 Å². The van der Waals surface area contributed by atoms with Gasteiger partial charge in [-0.1, -0.05) is 6.07 Å². The van der Waals surface area contributed by atoms with Crippen LogP contribution in [0.3, 0.4) is 0 Å². The Labute approximate surface area is 130 Å². The summed E-state index contributed by atoms with van der Waals surface area (Å²) in [5.74, 6) is 1.12. The number of ether oxygens (including phenoxy) is 1. The van der Waals surface area contributed by atoms with E-state index in [0.29, 0.717) is 18.3 Å². The summed E-state index contributed by atoms with van der Waals surface area (Å²) in [7, 11) is 0. The van der Waals surface area contributed by atoms with Crippen LogP contribution >= 0.6 is 0 Å². The van der Waals surface area contributed by atoms with E-state index in [-0.39, 0.29) is 18.0 Å². The quantitative estimate of drug-likeness (QED) is 0.840. The van der Waals surface area contributed by atoms with Crippen molar-refractivity contribution in [1.82, 2.24) is 9.88 Å². The molecule has 0 spiro atoms. The van der Waals surface area contributed by atoms with Crippen LogP contribution in [0, 0.1) is 0 Å². The van der Waals surface area contributed by atoms with E-state index >= 15 is 0 Å². The van der Waals surface area contributed by atoms with Crippen LogP contribution in [0.4, 0.5) is 10.6 Å². The lowest BCUT2D eigenvalue weighted by Crippen LogP contribution is -2.36. The lowest BCUT2D eigenvalue weighted by Gasteiger charge is -2.31. The summed E-state index contributed by atoms with van der Waals surface area (Å²) in [6, 6.07) is 5.80. The molecule has 3 heterocycles. The normalized spacial score (nSPS) is 22.8. The number of piperidine rings is 1. The molecule has 6 heteroatoms. The number of pyridine rings is 1. The van der Waals surface area contributed by atoms with Gasteiger partial charge in [0.15, 0.2) is 0 Å². The van der Waals surface area contributed by atoms with Gasteiger partial charge in [0.1, 0.15) is 12.4 Å². The lowest BCUT2D eigenvalue weighted by atomic mass is 9.93. The third-order valence-corrected chi connectivity index (χ3v) is 4.45. The zero-order valence-corrected chi connectivity index (χ0v) is 13.0. The average molecular weight is 303 g/mol. The molecular weight excluding hydrogens is 282 g/mol. The van der Waals surface area contributed by atoms with Gasteiger partial charge in [0.05, 0.1) is 6.04 Å². The number of carbonyl (C=O) groups excluding carboxylic acids is 2. The number of aromatic nitrogens is 1. The van der Waals surface area contributed by atoms with Gasteiger partial charge < -0.3 is 9.64 Å². The van der Waals surface area contributed by atoms with E-state index in [4.69, 9.17) is 4.74 Å². The van der Waals surface area contributed by atoms with Gasteiger partial charge in [-0.25, -0.2) is 9.78 Å². The topological polar surface area (TPSA) is 62.7 Å². The van der Waals surface area contributed by atoms with Gasteiger partial charge in [0.25, 0.3) is 0 Å². The van der Waals surface area contributed by atoms with Crippen molar-refractivity contribution in [2.45, 2.75) is 38.6 Å². The molecule has 2 amide bonds. The molecule has 2 saturated heterocycles. The fourth-order valence-electron chi connectivity index (χ4n) is 3.13. The van der Waals surface area contributed by atoms with Gasteiger partial charge in [-0.2, -0.15) is 0 Å². The number of nitrogens with zero attached hydrogens (tertiary/aromatic N) is 3. The molecule has 6 nitrogen and oxygen atoms in total. The molecule has 0 bridgehead atoms. The van der Waals surface area contributed by atoms with Crippen LogP contribution in [-0.2, 0) is 9.53 Å². The summed E-state index contributed by atoms with van der Waals surface area (Å²) in [6.07, 6.45) is 1.50. The van der Waals surface area contributed by atoms with E-state index in [9.17, 15) is 9.59 Å². The van der Waals surface area contributed by atoms with E-state index in [1.165, 1.54) is 0 Å². The van der Waals surface area contributed by atoms with E-state index in [1.54, 1.807) is 11.8 Å². The highest BCUT2D eigenvalue weighted by Crippen LogP contribution is 2.29. The minimum atomic E-state index is -0.330. The van der Waals surface area contributed by atoms with Crippen LogP contribution in [0.5, 0.6) is 0 Å². The maximum Gasteiger partial charge on any atom is 0.415 e. The van der Waals surface area contributed by atoms with Gasteiger partial charge >= 0.3 is 6.09 Å². The van der Waals surface area contributed by atoms with Crippen LogP contribution in [-0.4, -0.2) is 47.6 Å². The highest BCUT2D eigenvalue weighted by Gasteiger charge is 2.32. The number of amides is 2. The summed E-state index contributed by atoms with van der Waals surface area (Å²) >= 11 is 0. The number of hydrogen-bond donors (Lipinski definition) is 0. The minimum absolute atomic E-state index is 0.00908. The Hall–Kier alpha value is -2.11. The van der Waals surface area contributed by atoms with Crippen molar-refractivity contribution in [2.24, 2.45) is 0 Å². The van der Waals surface area contributed by atoms with E-state index in [1.807, 2.05) is 30.0 Å². The van der Waals surface area contributed by atoms with E-state index < -0.39 is 0 Å². The van der Waals surface area contributed by atoms with Gasteiger partial charge in [-0.05, 0) is 31.9 Å². The molecule has 2 fully saturated rings. The minimum Gasteiger partial charge on any atom is -0.447 e. The molecule has 0 aliphatic carbocycles. The van der Waals surface area contributed by atoms with Crippen molar-refractivity contribution < 1.29 is 14.3 Å². The Morgan fingerprint density at radius 3 is 2.64 bits per heavy atom. The largest absolute Gasteiger partial charge is 0.447 e. The Morgan fingerprint density at radius 2 is 2.05 bits per heavy atom. The fourth-order valence-corrected chi connectivity index (χ4v) is 3.13. The van der Waals surface area contributed by atoms with Crippen molar-refractivity contribution in [1.29, 1.82) is 0 Å². The number of likely N-dealkylation sites (tertiary alicyclic amines) is 1. The first kappa shape index (κ1) is 14.8. The van der Waals surface area contributed by atoms with Crippen LogP contribution in [0.25, 0.3) is 0 Å². The molecule has 3 rings (SSSR count). The zero-order valence-electron chi connectivity index (χ0n) is 13.0. The first-order chi connectivity index (χ1) is 10.6. The van der Waals surface area contributed by atoms with Crippen molar-refractivity contribution in [2.75, 3.05) is 24.6 Å². The summed E-state index contributed by atoms with van der Waals surface area (Å²) in [5, 5.41) is 0. The third-order valence-electron chi connectivity index (χ3n) is 4.45. The monoisotopic (exact) mass is 303 g/mol. The van der Waals surface area contributed by atoms with Crippen molar-refractivity contribution >= 4 is 17.8 Å². The summed E-state index contributed by atoms with van der Waals surface area (Å²) in [4.78, 5) is 31.4. The molecule has 0 aromatic carbocycles. The second-order valence-electron chi connectivity index (χ2n) is 6.00. The molecule has 0 unspecified atom stereocenters. The van der Waals surface area contributed by atoms with Gasteiger partial charge in [0, 0.05) is 31.6 Å². The SMILES string of the molecule is CC(=O)N1CCC(c2cccc(N3C(=O)OC[C@H]3C)n2)CC1. The molecule has 118 valence electrons. The third kappa shape index (κ3) is 2.77. The summed E-state index contributed by atoms with van der Waals surface area (Å²) in [6.45, 7) is 5.51. The Balaban J connectivity index is 1.75. The predicted octanol–water partition coefficient (Wildman–Crippen LogP) is 2.15. The molecule has 1 atom stereocenters. The number of cyclic esters (lactones) is 1. The molecule has 2 aliphatic heterocycles. The molecular formula is C16H21N3O3. The maximum atomic E-state index is 11.8. The predicted molar refractivity (Wildman–Crippen MR) is 81.8 cm³/mol. The van der Waals surface area contributed by atoms with Crippen LogP contribution < -0.4 is 4.90 Å². The number of rotatable bonds is 2. The van der Waals surface area contributed by atoms with Crippen molar-refractivity contribution in [3.8, 4) is 0 Å². The molecule has 0 saturated carbocycles. The Bertz CT molecular complexity index is 582. The second-order valence-corrected chi connectivity index (χ2v) is 6.00. The summed E-state index contributed by atoms with van der Waals surface area (Å²) < 4.78 is 5.06. The Kier molecular flexibility index (Phi) is 4.00. The molecule has 2 aliphatic rings. The average Bonchev–Trinajstić information content (AvgIpc) is 2.86. The van der Waals surface area contributed by atoms with Gasteiger partial charge in [-0.3, -0.25) is 9.69 Å². The number of hydrogen-bond acceptors (Lipinski definition) is 4. The molecule has 0 N–H and O–H groups in total. The van der Waals surface area contributed by atoms with Crippen LogP contribution in [0.15, 0.2) is 18.2 Å². The van der Waals surface area contributed by atoms with Crippen molar-refractivity contribution in [3.05, 3.63) is 23.9 Å². The standard InChI is InChI=1S/C16H21N3O3/c1-11-10-22-16(21)19(11)15-5-3-4-14(17-15)13-6-8-18(9-7-13)12(2)20/h3-5,11,13H,6-10H2,1-2H3/t11-/m1/s1. The lowest BCUT2D eigenvalue weighted by molar-refractivity contribution is -0.129. The molecule has 0 radical (unpaired) electrons. The first-order valence-electron chi connectivity index (χ1n) is 7.74. The zero-order chi connectivity index (χ0) is 15.7. The van der Waals surface area contributed by atoms with Gasteiger partial charge in [0.2, 0.25) is 5.91 Å². The smallest absolute Gasteiger partial charge is 0.415 e. The number of anilines is 1. The highest BCUT2D eigenvalue weighted by atomic mass is 16.6. The van der Waals surface area contributed by atoms with Gasteiger partial charge in [-0.15, -0.1) is 0 Å². The Morgan fingerprint density at radius 1 is 1.32 bits per heavy atom.